The number of hydrogen-bond donors (Lipinski definition) is 1. The molecule has 0 aliphatic heterocycles. The average Bonchev–Trinajstić information content (AvgIpc) is 2.55. The molecule has 1 aromatic heterocycles. The fourth-order valence-electron chi connectivity index (χ4n) is 2.14. The summed E-state index contributed by atoms with van der Waals surface area (Å²) < 4.78 is 5.16. The third-order valence-corrected chi connectivity index (χ3v) is 3.52. The molecule has 0 amide bonds. The van der Waals surface area contributed by atoms with Crippen molar-refractivity contribution in [3.63, 3.8) is 0 Å². The van der Waals surface area contributed by atoms with Crippen molar-refractivity contribution in [3.8, 4) is 28.3 Å². The van der Waals surface area contributed by atoms with E-state index in [4.69, 9.17) is 22.1 Å². The first-order valence-electron chi connectivity index (χ1n) is 6.70. The second-order valence-electron chi connectivity index (χ2n) is 4.73. The van der Waals surface area contributed by atoms with Crippen LogP contribution in [-0.4, -0.2) is 17.1 Å². The summed E-state index contributed by atoms with van der Waals surface area (Å²) in [6, 6.07) is 17.0. The highest BCUT2D eigenvalue weighted by molar-refractivity contribution is 6.30. The fourth-order valence-corrected chi connectivity index (χ4v) is 2.27. The lowest BCUT2D eigenvalue weighted by atomic mass is 10.1. The molecule has 0 aliphatic rings. The summed E-state index contributed by atoms with van der Waals surface area (Å²) in [6.45, 7) is 0. The van der Waals surface area contributed by atoms with Crippen LogP contribution in [0.15, 0.2) is 54.6 Å². The first-order valence-corrected chi connectivity index (χ1v) is 7.08. The maximum Gasteiger partial charge on any atom is 0.221 e. The van der Waals surface area contributed by atoms with Gasteiger partial charge in [0.25, 0.3) is 0 Å². The molecule has 22 heavy (non-hydrogen) atoms. The van der Waals surface area contributed by atoms with Gasteiger partial charge < -0.3 is 10.5 Å². The topological polar surface area (TPSA) is 61.0 Å². The van der Waals surface area contributed by atoms with E-state index in [-0.39, 0.29) is 5.95 Å². The Morgan fingerprint density at radius 2 is 1.36 bits per heavy atom. The lowest BCUT2D eigenvalue weighted by Gasteiger charge is -2.07. The van der Waals surface area contributed by atoms with Crippen molar-refractivity contribution in [2.45, 2.75) is 0 Å². The number of nitrogens with two attached hydrogens (primary N) is 1. The van der Waals surface area contributed by atoms with Crippen molar-refractivity contribution in [1.82, 2.24) is 9.97 Å². The molecule has 3 aromatic rings. The van der Waals surface area contributed by atoms with Crippen molar-refractivity contribution >= 4 is 17.5 Å². The number of halogens is 1. The Morgan fingerprint density at radius 3 is 1.86 bits per heavy atom. The summed E-state index contributed by atoms with van der Waals surface area (Å²) in [5, 5.41) is 0.682. The summed E-state index contributed by atoms with van der Waals surface area (Å²) in [4.78, 5) is 8.59. The van der Waals surface area contributed by atoms with Gasteiger partial charge in [0.05, 0.1) is 18.5 Å². The third-order valence-electron chi connectivity index (χ3n) is 3.27. The molecular formula is C17H14ClN3O. The minimum Gasteiger partial charge on any atom is -0.497 e. The number of aromatic nitrogens is 2. The predicted octanol–water partition coefficient (Wildman–Crippen LogP) is 4.05. The first-order chi connectivity index (χ1) is 10.7. The Morgan fingerprint density at radius 1 is 0.864 bits per heavy atom. The minimum atomic E-state index is 0.235. The molecule has 0 spiro atoms. The zero-order valence-electron chi connectivity index (χ0n) is 12.0. The highest BCUT2D eigenvalue weighted by Gasteiger charge is 2.07. The Hall–Kier alpha value is -2.59. The second kappa shape index (κ2) is 6.03. The molecule has 1 heterocycles. The Labute approximate surface area is 133 Å². The number of benzene rings is 2. The lowest BCUT2D eigenvalue weighted by Crippen LogP contribution is -1.98. The molecule has 2 aromatic carbocycles. The van der Waals surface area contributed by atoms with Crippen LogP contribution in [0.5, 0.6) is 5.75 Å². The van der Waals surface area contributed by atoms with Crippen LogP contribution in [0.3, 0.4) is 0 Å². The third kappa shape index (κ3) is 3.02. The summed E-state index contributed by atoms with van der Waals surface area (Å²) >= 11 is 5.92. The molecule has 110 valence electrons. The van der Waals surface area contributed by atoms with Crippen LogP contribution in [0.25, 0.3) is 22.5 Å². The number of anilines is 1. The molecule has 0 saturated heterocycles. The van der Waals surface area contributed by atoms with Gasteiger partial charge in [0.15, 0.2) is 0 Å². The monoisotopic (exact) mass is 311 g/mol. The Bertz CT molecular complexity index is 786. The molecule has 0 bridgehead atoms. The van der Waals surface area contributed by atoms with Crippen LogP contribution in [0.1, 0.15) is 0 Å². The molecule has 5 heteroatoms. The van der Waals surface area contributed by atoms with E-state index in [0.29, 0.717) is 5.02 Å². The molecule has 0 radical (unpaired) electrons. The number of ether oxygens (including phenoxy) is 1. The largest absolute Gasteiger partial charge is 0.497 e. The van der Waals surface area contributed by atoms with Crippen molar-refractivity contribution < 1.29 is 4.74 Å². The molecule has 0 unspecified atom stereocenters. The molecule has 3 rings (SSSR count). The van der Waals surface area contributed by atoms with Crippen molar-refractivity contribution in [3.05, 3.63) is 59.6 Å². The Balaban J connectivity index is 2.03. The Kier molecular flexibility index (Phi) is 3.94. The number of nitrogen functional groups attached to an aromatic ring is 1. The average molecular weight is 312 g/mol. The van der Waals surface area contributed by atoms with Gasteiger partial charge in [-0.3, -0.25) is 0 Å². The van der Waals surface area contributed by atoms with E-state index in [9.17, 15) is 0 Å². The second-order valence-corrected chi connectivity index (χ2v) is 5.17. The van der Waals surface area contributed by atoms with Crippen LogP contribution in [0.4, 0.5) is 5.95 Å². The van der Waals surface area contributed by atoms with Gasteiger partial charge in [0.1, 0.15) is 5.75 Å². The van der Waals surface area contributed by atoms with Crippen LogP contribution >= 0.6 is 11.6 Å². The summed E-state index contributed by atoms with van der Waals surface area (Å²) in [6.07, 6.45) is 0. The van der Waals surface area contributed by atoms with Crippen LogP contribution in [-0.2, 0) is 0 Å². The first kappa shape index (κ1) is 14.4. The molecule has 0 saturated carbocycles. The smallest absolute Gasteiger partial charge is 0.221 e. The zero-order valence-corrected chi connectivity index (χ0v) is 12.7. The molecule has 4 nitrogen and oxygen atoms in total. The maximum atomic E-state index is 5.92. The quantitative estimate of drug-likeness (QED) is 0.792. The van der Waals surface area contributed by atoms with E-state index in [1.54, 1.807) is 7.11 Å². The fraction of sp³-hybridized carbons (Fsp3) is 0.0588. The highest BCUT2D eigenvalue weighted by atomic mass is 35.5. The molecular weight excluding hydrogens is 298 g/mol. The molecule has 0 aliphatic carbocycles. The van der Waals surface area contributed by atoms with E-state index in [1.165, 1.54) is 0 Å². The predicted molar refractivity (Wildman–Crippen MR) is 88.9 cm³/mol. The van der Waals surface area contributed by atoms with Crippen molar-refractivity contribution in [2.24, 2.45) is 0 Å². The van der Waals surface area contributed by atoms with Gasteiger partial charge >= 0.3 is 0 Å². The normalized spacial score (nSPS) is 10.5. The van der Waals surface area contributed by atoms with E-state index >= 15 is 0 Å². The highest BCUT2D eigenvalue weighted by Crippen LogP contribution is 2.26. The standard InChI is InChI=1S/C17H14ClN3O/c1-22-14-8-4-12(5-9-14)16-10-15(20-17(19)21-16)11-2-6-13(18)7-3-11/h2-10H,1H3,(H2,19,20,21). The lowest BCUT2D eigenvalue weighted by molar-refractivity contribution is 0.415. The molecule has 0 fully saturated rings. The zero-order chi connectivity index (χ0) is 15.5. The van der Waals surface area contributed by atoms with E-state index in [2.05, 4.69) is 9.97 Å². The molecule has 2 N–H and O–H groups in total. The van der Waals surface area contributed by atoms with Crippen molar-refractivity contribution in [2.75, 3.05) is 12.8 Å². The molecule has 0 atom stereocenters. The van der Waals surface area contributed by atoms with Gasteiger partial charge in [-0.1, -0.05) is 23.7 Å². The van der Waals surface area contributed by atoms with Gasteiger partial charge in [-0.25, -0.2) is 9.97 Å². The summed E-state index contributed by atoms with van der Waals surface area (Å²) in [5.41, 5.74) is 9.26. The van der Waals surface area contributed by atoms with E-state index in [0.717, 1.165) is 28.3 Å². The minimum absolute atomic E-state index is 0.235. The van der Waals surface area contributed by atoms with E-state index in [1.807, 2.05) is 54.6 Å². The number of methoxy groups -OCH3 is 1. The number of rotatable bonds is 3. The van der Waals surface area contributed by atoms with Crippen LogP contribution in [0.2, 0.25) is 5.02 Å². The van der Waals surface area contributed by atoms with Crippen LogP contribution < -0.4 is 10.5 Å². The van der Waals surface area contributed by atoms with E-state index < -0.39 is 0 Å². The van der Waals surface area contributed by atoms with Gasteiger partial charge in [0, 0.05) is 16.1 Å². The van der Waals surface area contributed by atoms with Gasteiger partial charge in [-0.15, -0.1) is 0 Å². The van der Waals surface area contributed by atoms with Gasteiger partial charge in [-0.05, 0) is 42.5 Å². The maximum absolute atomic E-state index is 5.92. The van der Waals surface area contributed by atoms with Gasteiger partial charge in [-0.2, -0.15) is 0 Å². The van der Waals surface area contributed by atoms with Crippen molar-refractivity contribution in [1.29, 1.82) is 0 Å². The van der Waals surface area contributed by atoms with Gasteiger partial charge in [0.2, 0.25) is 5.95 Å². The number of hydrogen-bond acceptors (Lipinski definition) is 4. The number of nitrogens with zero attached hydrogens (tertiary/aromatic N) is 2. The summed E-state index contributed by atoms with van der Waals surface area (Å²) in [5.74, 6) is 1.03. The van der Waals surface area contributed by atoms with Crippen LogP contribution in [0, 0.1) is 0 Å². The summed E-state index contributed by atoms with van der Waals surface area (Å²) in [7, 11) is 1.64. The SMILES string of the molecule is COc1ccc(-c2cc(-c3ccc(Cl)cc3)nc(N)n2)cc1.